The molecule has 1 N–H and O–H groups in total. The van der Waals surface area contributed by atoms with Crippen LogP contribution in [-0.4, -0.2) is 18.9 Å². The third-order valence-electron chi connectivity index (χ3n) is 2.53. The number of nitrogens with one attached hydrogen (secondary N) is 1. The minimum atomic E-state index is 0.472. The van der Waals surface area contributed by atoms with Gasteiger partial charge in [0, 0.05) is 17.8 Å². The van der Waals surface area contributed by atoms with Gasteiger partial charge in [0.15, 0.2) is 0 Å². The summed E-state index contributed by atoms with van der Waals surface area (Å²) in [6.45, 7) is 4.37. The fourth-order valence-electron chi connectivity index (χ4n) is 1.92. The van der Waals surface area contributed by atoms with Crippen LogP contribution in [0.5, 0.6) is 5.75 Å². The molecule has 0 bridgehead atoms. The third-order valence-corrected chi connectivity index (χ3v) is 3.76. The highest BCUT2D eigenvalue weighted by Crippen LogP contribution is 2.43. The molecule has 1 aromatic rings. The first kappa shape index (κ1) is 10.8. The minimum Gasteiger partial charge on any atom is -0.496 e. The van der Waals surface area contributed by atoms with Gasteiger partial charge in [-0.05, 0) is 11.6 Å². The van der Waals surface area contributed by atoms with Crippen molar-refractivity contribution in [2.24, 2.45) is 0 Å². The van der Waals surface area contributed by atoms with Gasteiger partial charge in [-0.15, -0.1) is 11.8 Å². The monoisotopic (exact) mass is 223 g/mol. The summed E-state index contributed by atoms with van der Waals surface area (Å²) in [4.78, 5) is 1.30. The number of fused-ring (bicyclic) bond motifs is 1. The maximum atomic E-state index is 5.36. The Hall–Kier alpha value is -0.670. The number of thioether (sulfide) groups is 1. The fraction of sp³-hybridized carbons (Fsp3) is 0.500. The molecule has 0 fully saturated rings. The summed E-state index contributed by atoms with van der Waals surface area (Å²) in [5, 5.41) is 3.57. The molecule has 0 radical (unpaired) electrons. The van der Waals surface area contributed by atoms with Crippen LogP contribution >= 0.6 is 11.8 Å². The van der Waals surface area contributed by atoms with Crippen LogP contribution in [0.2, 0.25) is 0 Å². The van der Waals surface area contributed by atoms with E-state index in [0.29, 0.717) is 12.1 Å². The van der Waals surface area contributed by atoms with Crippen molar-refractivity contribution < 1.29 is 4.74 Å². The molecule has 1 aliphatic heterocycles. The summed E-state index contributed by atoms with van der Waals surface area (Å²) in [6, 6.07) is 7.29. The molecular weight excluding hydrogens is 206 g/mol. The van der Waals surface area contributed by atoms with E-state index in [1.807, 2.05) is 17.8 Å². The van der Waals surface area contributed by atoms with Crippen LogP contribution in [-0.2, 0) is 0 Å². The van der Waals surface area contributed by atoms with Gasteiger partial charge in [0.2, 0.25) is 0 Å². The molecule has 1 atom stereocenters. The second kappa shape index (κ2) is 4.45. The summed E-state index contributed by atoms with van der Waals surface area (Å²) in [5.41, 5.74) is 1.38. The first-order valence-corrected chi connectivity index (χ1v) is 6.26. The lowest BCUT2D eigenvalue weighted by atomic mass is 10.1. The van der Waals surface area contributed by atoms with Crippen molar-refractivity contribution in [3.63, 3.8) is 0 Å². The number of methoxy groups -OCH3 is 1. The van der Waals surface area contributed by atoms with Crippen molar-refractivity contribution in [3.8, 4) is 5.75 Å². The van der Waals surface area contributed by atoms with E-state index in [2.05, 4.69) is 31.3 Å². The van der Waals surface area contributed by atoms with Gasteiger partial charge in [0.1, 0.15) is 5.75 Å². The number of hydrogen-bond donors (Lipinski definition) is 1. The van der Waals surface area contributed by atoms with Crippen LogP contribution in [0.3, 0.4) is 0 Å². The zero-order valence-electron chi connectivity index (χ0n) is 9.41. The SMILES string of the molecule is COc1cccc2c1SCC2NC(C)C. The van der Waals surface area contributed by atoms with Gasteiger partial charge in [-0.3, -0.25) is 0 Å². The summed E-state index contributed by atoms with van der Waals surface area (Å²) in [5.74, 6) is 2.11. The van der Waals surface area contributed by atoms with Crippen molar-refractivity contribution >= 4 is 11.8 Å². The topological polar surface area (TPSA) is 21.3 Å². The number of ether oxygens (including phenoxy) is 1. The molecule has 0 spiro atoms. The van der Waals surface area contributed by atoms with Crippen molar-refractivity contribution in [2.45, 2.75) is 30.8 Å². The van der Waals surface area contributed by atoms with Crippen molar-refractivity contribution in [1.29, 1.82) is 0 Å². The quantitative estimate of drug-likeness (QED) is 0.851. The standard InChI is InChI=1S/C12H17NOS/c1-8(2)13-10-7-15-12-9(10)5-4-6-11(12)14-3/h4-6,8,10,13H,7H2,1-3H3. The second-order valence-electron chi connectivity index (χ2n) is 4.06. The minimum absolute atomic E-state index is 0.472. The molecule has 15 heavy (non-hydrogen) atoms. The lowest BCUT2D eigenvalue weighted by molar-refractivity contribution is 0.402. The number of rotatable bonds is 3. The average molecular weight is 223 g/mol. The predicted octanol–water partition coefficient (Wildman–Crippen LogP) is 2.84. The maximum absolute atomic E-state index is 5.36. The highest BCUT2D eigenvalue weighted by atomic mass is 32.2. The van der Waals surface area contributed by atoms with Gasteiger partial charge in [0.25, 0.3) is 0 Å². The van der Waals surface area contributed by atoms with E-state index in [1.54, 1.807) is 7.11 Å². The summed E-state index contributed by atoms with van der Waals surface area (Å²) >= 11 is 1.88. The van der Waals surface area contributed by atoms with Gasteiger partial charge in [0.05, 0.1) is 12.0 Å². The van der Waals surface area contributed by atoms with Gasteiger partial charge >= 0.3 is 0 Å². The zero-order valence-corrected chi connectivity index (χ0v) is 10.2. The zero-order chi connectivity index (χ0) is 10.8. The Morgan fingerprint density at radius 3 is 2.93 bits per heavy atom. The highest BCUT2D eigenvalue weighted by Gasteiger charge is 2.25. The Morgan fingerprint density at radius 2 is 2.27 bits per heavy atom. The average Bonchev–Trinajstić information content (AvgIpc) is 2.61. The van der Waals surface area contributed by atoms with Gasteiger partial charge < -0.3 is 10.1 Å². The second-order valence-corrected chi connectivity index (χ2v) is 5.09. The van der Waals surface area contributed by atoms with E-state index >= 15 is 0 Å². The van der Waals surface area contributed by atoms with E-state index in [-0.39, 0.29) is 0 Å². The Bertz CT molecular complexity index is 351. The van der Waals surface area contributed by atoms with E-state index in [9.17, 15) is 0 Å². The Labute approximate surface area is 95.4 Å². The first-order valence-electron chi connectivity index (χ1n) is 5.28. The predicted molar refractivity (Wildman–Crippen MR) is 64.7 cm³/mol. The van der Waals surface area contributed by atoms with Crippen molar-refractivity contribution in [3.05, 3.63) is 23.8 Å². The molecule has 1 heterocycles. The van der Waals surface area contributed by atoms with Crippen molar-refractivity contribution in [1.82, 2.24) is 5.32 Å². The molecule has 2 rings (SSSR count). The number of benzene rings is 1. The molecule has 1 unspecified atom stereocenters. The van der Waals surface area contributed by atoms with E-state index in [4.69, 9.17) is 4.74 Å². The molecule has 1 aromatic carbocycles. The van der Waals surface area contributed by atoms with Crippen LogP contribution < -0.4 is 10.1 Å². The largest absolute Gasteiger partial charge is 0.496 e. The lowest BCUT2D eigenvalue weighted by Crippen LogP contribution is -2.27. The maximum Gasteiger partial charge on any atom is 0.132 e. The van der Waals surface area contributed by atoms with Crippen LogP contribution in [0.1, 0.15) is 25.5 Å². The highest BCUT2D eigenvalue weighted by molar-refractivity contribution is 7.99. The molecule has 0 aliphatic carbocycles. The fourth-order valence-corrected chi connectivity index (χ4v) is 3.20. The molecular formula is C12H17NOS. The lowest BCUT2D eigenvalue weighted by Gasteiger charge is -2.16. The molecule has 3 heteroatoms. The van der Waals surface area contributed by atoms with Gasteiger partial charge in [-0.25, -0.2) is 0 Å². The van der Waals surface area contributed by atoms with Gasteiger partial charge in [-0.2, -0.15) is 0 Å². The molecule has 1 aliphatic rings. The van der Waals surface area contributed by atoms with Crippen molar-refractivity contribution in [2.75, 3.05) is 12.9 Å². The van der Waals surface area contributed by atoms with E-state index in [1.165, 1.54) is 10.5 Å². The van der Waals surface area contributed by atoms with Crippen LogP contribution in [0.4, 0.5) is 0 Å². The summed E-state index contributed by atoms with van der Waals surface area (Å²) in [7, 11) is 1.74. The number of hydrogen-bond acceptors (Lipinski definition) is 3. The Balaban J connectivity index is 2.27. The van der Waals surface area contributed by atoms with E-state index < -0.39 is 0 Å². The molecule has 0 saturated carbocycles. The molecule has 82 valence electrons. The summed E-state index contributed by atoms with van der Waals surface area (Å²) < 4.78 is 5.36. The third kappa shape index (κ3) is 2.13. The van der Waals surface area contributed by atoms with Crippen LogP contribution in [0, 0.1) is 0 Å². The van der Waals surface area contributed by atoms with E-state index in [0.717, 1.165) is 11.5 Å². The van der Waals surface area contributed by atoms with Crippen LogP contribution in [0.25, 0.3) is 0 Å². The first-order chi connectivity index (χ1) is 7.22. The molecule has 0 amide bonds. The molecule has 0 aromatic heterocycles. The Morgan fingerprint density at radius 1 is 1.47 bits per heavy atom. The molecule has 0 saturated heterocycles. The van der Waals surface area contributed by atoms with Crippen LogP contribution in [0.15, 0.2) is 23.1 Å². The normalized spacial score (nSPS) is 19.3. The smallest absolute Gasteiger partial charge is 0.132 e. The Kier molecular flexibility index (Phi) is 3.22. The molecule has 2 nitrogen and oxygen atoms in total. The van der Waals surface area contributed by atoms with Gasteiger partial charge in [-0.1, -0.05) is 26.0 Å². The summed E-state index contributed by atoms with van der Waals surface area (Å²) in [6.07, 6.45) is 0.